The van der Waals surface area contributed by atoms with Gasteiger partial charge in [-0.1, -0.05) is 71.8 Å². The molecule has 9 nitrogen and oxygen atoms in total. The zero-order chi connectivity index (χ0) is 36.5. The van der Waals surface area contributed by atoms with Gasteiger partial charge in [0.05, 0.1) is 39.5 Å². The largest absolute Gasteiger partial charge is 0.508 e. The molecule has 4 aromatic carbocycles. The number of phenolic OH excluding ortho intramolecular Hbond substituents is 2. The minimum absolute atomic E-state index is 0.0441. The smallest absolute Gasteiger partial charge is 0.246 e. The van der Waals surface area contributed by atoms with E-state index in [1.54, 1.807) is 54.6 Å². The molecule has 2 N–H and O–H groups in total. The fraction of sp³-hybridized carbons (Fsp3) is 0.268. The number of likely N-dealkylation sites (tertiary alicyclic amines) is 1. The first-order valence-electron chi connectivity index (χ1n) is 17.1. The highest BCUT2D eigenvalue weighted by Crippen LogP contribution is 2.65. The highest BCUT2D eigenvalue weighted by atomic mass is 127. The van der Waals surface area contributed by atoms with Crippen LogP contribution in [0.1, 0.15) is 35.4 Å². The second-order valence-corrected chi connectivity index (χ2v) is 15.5. The quantitative estimate of drug-likeness (QED) is 0.120. The fourth-order valence-electron chi connectivity index (χ4n) is 9.22. The monoisotopic (exact) mass is 828 g/mol. The zero-order valence-electron chi connectivity index (χ0n) is 28.0. The molecule has 2 heterocycles. The summed E-state index contributed by atoms with van der Waals surface area (Å²) in [5.41, 5.74) is 1.92. The van der Waals surface area contributed by atoms with Gasteiger partial charge in [-0.05, 0) is 107 Å². The molecule has 11 heteroatoms. The van der Waals surface area contributed by atoms with Gasteiger partial charge < -0.3 is 14.9 Å². The summed E-state index contributed by atoms with van der Waals surface area (Å²) < 4.78 is 6.11. The summed E-state index contributed by atoms with van der Waals surface area (Å²) in [4.78, 5) is 61.3. The Morgan fingerprint density at radius 2 is 1.63 bits per heavy atom. The van der Waals surface area contributed by atoms with Crippen LogP contribution in [0.3, 0.4) is 0 Å². The number of ether oxygens (including phenoxy) is 1. The van der Waals surface area contributed by atoms with Crippen molar-refractivity contribution < 1.29 is 34.1 Å². The predicted octanol–water partition coefficient (Wildman–Crippen LogP) is 6.77. The normalized spacial score (nSPS) is 26.6. The second-order valence-electron chi connectivity index (χ2n) is 13.9. The summed E-state index contributed by atoms with van der Waals surface area (Å²) >= 11 is 8.44. The van der Waals surface area contributed by atoms with Gasteiger partial charge in [-0.2, -0.15) is 0 Å². The van der Waals surface area contributed by atoms with Gasteiger partial charge in [0, 0.05) is 17.5 Å². The number of carbonyl (C=O) groups excluding carboxylic acids is 4. The number of fused-ring (bicyclic) bond motifs is 4. The van der Waals surface area contributed by atoms with Crippen molar-refractivity contribution in [3.63, 3.8) is 0 Å². The Labute approximate surface area is 319 Å². The highest BCUT2D eigenvalue weighted by molar-refractivity contribution is 14.1. The van der Waals surface area contributed by atoms with Crippen LogP contribution in [0.15, 0.2) is 103 Å². The molecule has 0 bridgehead atoms. The molecule has 2 aliphatic heterocycles. The molecular weight excluding hydrogens is 795 g/mol. The van der Waals surface area contributed by atoms with E-state index in [1.807, 2.05) is 65.1 Å². The summed E-state index contributed by atoms with van der Waals surface area (Å²) in [6.45, 7) is 0.186. The van der Waals surface area contributed by atoms with Crippen LogP contribution in [0.5, 0.6) is 17.2 Å². The maximum absolute atomic E-state index is 15.4. The van der Waals surface area contributed by atoms with Crippen LogP contribution < -0.4 is 9.64 Å². The van der Waals surface area contributed by atoms with Crippen LogP contribution in [-0.2, 0) is 31.0 Å². The number of amides is 4. The van der Waals surface area contributed by atoms with Crippen LogP contribution in [0, 0.1) is 27.2 Å². The van der Waals surface area contributed by atoms with Crippen molar-refractivity contribution in [3.8, 4) is 17.2 Å². The van der Waals surface area contributed by atoms with E-state index < -0.39 is 46.8 Å². The third kappa shape index (κ3) is 5.16. The standard InChI is InChI=1S/C41H34ClIN2O7/c1-52-33-19-23(18-32(43)36(33)47)35-28-14-15-29-34(39(50)44(37(29)48)17-16-22-10-12-27(46)13-11-22)30(28)21-31-38(49)45(26-9-5-8-25(42)20-26)40(51)41(31,35)24-6-3-2-4-7-24/h2-14,18-20,29-31,34-35,46-47H,15-17,21H2,1H3/t29-,30+,31-,34-,35-,41+/m0/s1. The number of hydrogen-bond donors (Lipinski definition) is 2. The van der Waals surface area contributed by atoms with Crippen molar-refractivity contribution in [1.29, 1.82) is 0 Å². The van der Waals surface area contributed by atoms with Crippen molar-refractivity contribution in [3.05, 3.63) is 128 Å². The van der Waals surface area contributed by atoms with Gasteiger partial charge in [0.25, 0.3) is 0 Å². The second kappa shape index (κ2) is 13.1. The molecule has 2 aliphatic carbocycles. The summed E-state index contributed by atoms with van der Waals surface area (Å²) in [5, 5.41) is 21.0. The Hall–Kier alpha value is -4.68. The third-order valence-electron chi connectivity index (χ3n) is 11.4. The van der Waals surface area contributed by atoms with Gasteiger partial charge in [0.15, 0.2) is 11.5 Å². The third-order valence-corrected chi connectivity index (χ3v) is 12.5. The van der Waals surface area contributed by atoms with Crippen molar-refractivity contribution in [2.75, 3.05) is 18.6 Å². The van der Waals surface area contributed by atoms with Crippen molar-refractivity contribution >= 4 is 63.5 Å². The number of carbonyl (C=O) groups is 4. The van der Waals surface area contributed by atoms with E-state index in [0.29, 0.717) is 38.2 Å². The summed E-state index contributed by atoms with van der Waals surface area (Å²) in [5.74, 6) is -4.52. The molecule has 0 spiro atoms. The van der Waals surface area contributed by atoms with Crippen molar-refractivity contribution in [1.82, 2.24) is 4.90 Å². The number of methoxy groups -OCH3 is 1. The molecule has 0 aromatic heterocycles. The van der Waals surface area contributed by atoms with Crippen LogP contribution in [0.25, 0.3) is 0 Å². The molecule has 4 aliphatic rings. The number of hydrogen-bond acceptors (Lipinski definition) is 7. The number of nitrogens with zero attached hydrogens (tertiary/aromatic N) is 2. The van der Waals surface area contributed by atoms with E-state index in [2.05, 4.69) is 0 Å². The van der Waals surface area contributed by atoms with Crippen molar-refractivity contribution in [2.24, 2.45) is 23.7 Å². The Bertz CT molecular complexity index is 2170. The number of phenols is 2. The molecule has 0 radical (unpaired) electrons. The Morgan fingerprint density at radius 1 is 0.885 bits per heavy atom. The average Bonchev–Trinajstić information content (AvgIpc) is 3.53. The lowest BCUT2D eigenvalue weighted by atomic mass is 9.49. The lowest BCUT2D eigenvalue weighted by molar-refractivity contribution is -0.140. The molecule has 264 valence electrons. The van der Waals surface area contributed by atoms with Gasteiger partial charge in [-0.25, -0.2) is 4.90 Å². The van der Waals surface area contributed by atoms with E-state index >= 15 is 4.79 Å². The van der Waals surface area contributed by atoms with Gasteiger partial charge >= 0.3 is 0 Å². The van der Waals surface area contributed by atoms with E-state index in [-0.39, 0.29) is 42.0 Å². The fourth-order valence-corrected chi connectivity index (χ4v) is 10.0. The zero-order valence-corrected chi connectivity index (χ0v) is 31.0. The highest BCUT2D eigenvalue weighted by Gasteiger charge is 2.70. The number of aromatic hydroxyl groups is 2. The Morgan fingerprint density at radius 3 is 2.35 bits per heavy atom. The van der Waals surface area contributed by atoms with Crippen molar-refractivity contribution in [2.45, 2.75) is 30.6 Å². The number of halogens is 2. The lowest BCUT2D eigenvalue weighted by Gasteiger charge is -2.50. The van der Waals surface area contributed by atoms with Crippen LogP contribution >= 0.6 is 34.2 Å². The van der Waals surface area contributed by atoms with Crippen LogP contribution in [-0.4, -0.2) is 52.4 Å². The molecule has 4 aromatic rings. The minimum atomic E-state index is -1.44. The predicted molar refractivity (Wildman–Crippen MR) is 202 cm³/mol. The Kier molecular flexibility index (Phi) is 8.65. The van der Waals surface area contributed by atoms with Gasteiger partial charge in [0.2, 0.25) is 23.6 Å². The maximum Gasteiger partial charge on any atom is 0.246 e. The number of allylic oxidation sites excluding steroid dienone is 2. The number of imide groups is 2. The molecule has 8 rings (SSSR count). The number of anilines is 1. The van der Waals surface area contributed by atoms with Gasteiger partial charge in [0.1, 0.15) is 5.75 Å². The number of rotatable bonds is 7. The summed E-state index contributed by atoms with van der Waals surface area (Å²) in [6, 6.07) is 26.2. The molecular formula is C41H34ClIN2O7. The molecule has 2 saturated heterocycles. The molecule has 1 saturated carbocycles. The van der Waals surface area contributed by atoms with E-state index in [0.717, 1.165) is 11.1 Å². The maximum atomic E-state index is 15.4. The van der Waals surface area contributed by atoms with Crippen LogP contribution in [0.2, 0.25) is 5.02 Å². The van der Waals surface area contributed by atoms with Gasteiger partial charge in [-0.3, -0.25) is 24.1 Å². The van der Waals surface area contributed by atoms with Crippen LogP contribution in [0.4, 0.5) is 5.69 Å². The van der Waals surface area contributed by atoms with Gasteiger partial charge in [-0.15, -0.1) is 0 Å². The average molecular weight is 829 g/mol. The lowest BCUT2D eigenvalue weighted by Crippen LogP contribution is -2.53. The van der Waals surface area contributed by atoms with E-state index in [9.17, 15) is 24.6 Å². The summed E-state index contributed by atoms with van der Waals surface area (Å²) in [6.07, 6.45) is 2.92. The number of benzene rings is 4. The first-order valence-corrected chi connectivity index (χ1v) is 18.6. The SMILES string of the molecule is COc1cc([C@H]2C3=CC[C@@H]4C(=O)N(CCc5ccc(O)cc5)C(=O)[C@@H]4[C@@H]3C[C@H]3C(=O)N(c4cccc(Cl)c4)C(=O)[C@@]23c2ccccc2)cc(I)c1O. The molecule has 3 fully saturated rings. The summed E-state index contributed by atoms with van der Waals surface area (Å²) in [7, 11) is 1.46. The molecule has 0 unspecified atom stereocenters. The van der Waals surface area contributed by atoms with E-state index in [1.165, 1.54) is 16.9 Å². The molecule has 6 atom stereocenters. The minimum Gasteiger partial charge on any atom is -0.508 e. The first-order chi connectivity index (χ1) is 25.1. The Balaban J connectivity index is 1.30. The molecule has 52 heavy (non-hydrogen) atoms. The first kappa shape index (κ1) is 34.4. The molecule has 4 amide bonds. The van der Waals surface area contributed by atoms with E-state index in [4.69, 9.17) is 16.3 Å². The topological polar surface area (TPSA) is 124 Å².